The van der Waals surface area contributed by atoms with Gasteiger partial charge < -0.3 is 24.5 Å². The molecular formula is C28H31N3O6. The van der Waals surface area contributed by atoms with Crippen molar-refractivity contribution in [2.75, 3.05) is 31.7 Å². The van der Waals surface area contributed by atoms with Crippen molar-refractivity contribution in [3.8, 4) is 5.75 Å². The van der Waals surface area contributed by atoms with Crippen LogP contribution in [0.5, 0.6) is 5.75 Å². The van der Waals surface area contributed by atoms with Gasteiger partial charge in [-0.25, -0.2) is 0 Å². The minimum atomic E-state index is -1.02. The van der Waals surface area contributed by atoms with Crippen LogP contribution in [0.15, 0.2) is 71.3 Å². The third-order valence-electron chi connectivity index (χ3n) is 6.16. The van der Waals surface area contributed by atoms with Crippen molar-refractivity contribution in [3.05, 3.63) is 83.8 Å². The van der Waals surface area contributed by atoms with E-state index in [-0.39, 0.29) is 24.3 Å². The average molecular weight is 506 g/mol. The zero-order valence-electron chi connectivity index (χ0n) is 20.9. The number of nitrogens with one attached hydrogen (secondary N) is 2. The topological polar surface area (TPSA) is 110 Å². The van der Waals surface area contributed by atoms with Gasteiger partial charge in [0.05, 0.1) is 31.7 Å². The number of hydrogen-bond acceptors (Lipinski definition) is 6. The number of carbonyl (C=O) groups is 3. The van der Waals surface area contributed by atoms with Crippen molar-refractivity contribution in [2.45, 2.75) is 31.9 Å². The van der Waals surface area contributed by atoms with Crippen molar-refractivity contribution in [1.29, 1.82) is 0 Å². The van der Waals surface area contributed by atoms with E-state index in [1.165, 1.54) is 24.3 Å². The number of ether oxygens (including phenoxy) is 2. The second-order valence-corrected chi connectivity index (χ2v) is 8.79. The Kier molecular flexibility index (Phi) is 8.58. The van der Waals surface area contributed by atoms with Crippen LogP contribution in [0.4, 0.5) is 5.69 Å². The van der Waals surface area contributed by atoms with Gasteiger partial charge in [0.1, 0.15) is 11.8 Å². The number of furan rings is 1. The predicted octanol–water partition coefficient (Wildman–Crippen LogP) is 3.40. The first-order chi connectivity index (χ1) is 18.0. The van der Waals surface area contributed by atoms with E-state index in [0.717, 1.165) is 18.4 Å². The first-order valence-electron chi connectivity index (χ1n) is 12.2. The summed E-state index contributed by atoms with van der Waals surface area (Å²) in [6.45, 7) is 2.53. The lowest BCUT2D eigenvalue weighted by Gasteiger charge is -2.33. The van der Waals surface area contributed by atoms with E-state index in [0.29, 0.717) is 30.2 Å². The fraction of sp³-hybridized carbons (Fsp3) is 0.321. The Bertz CT molecular complexity index is 1210. The molecule has 0 aliphatic carbocycles. The zero-order chi connectivity index (χ0) is 26.2. The Morgan fingerprint density at radius 2 is 1.89 bits per heavy atom. The Labute approximate surface area is 215 Å². The summed E-state index contributed by atoms with van der Waals surface area (Å²) >= 11 is 0. The first kappa shape index (κ1) is 26.0. The smallest absolute Gasteiger partial charge is 0.287 e. The van der Waals surface area contributed by atoms with Crippen molar-refractivity contribution in [2.24, 2.45) is 0 Å². The molecule has 2 heterocycles. The van der Waals surface area contributed by atoms with E-state index < -0.39 is 17.9 Å². The van der Waals surface area contributed by atoms with Crippen LogP contribution in [0.3, 0.4) is 0 Å². The molecule has 1 aliphatic heterocycles. The van der Waals surface area contributed by atoms with E-state index in [1.54, 1.807) is 30.3 Å². The highest BCUT2D eigenvalue weighted by Gasteiger charge is 2.35. The molecule has 4 rings (SSSR count). The standard InChI is InChI=1S/C28H31N3O6/c1-19-12-13-23(35-2)22(16-19)31(25(32)18-30-27(33)24-11-7-15-37-24)26(20-8-4-3-5-9-20)28(34)29-17-21-10-6-14-36-21/h3-5,7-9,11-13,15-16,21,26H,6,10,14,17-18H2,1-2H3,(H,29,34)(H,30,33)/t21-,26-/m1/s1. The molecule has 2 atom stereocenters. The van der Waals surface area contributed by atoms with E-state index >= 15 is 0 Å². The number of anilines is 1. The lowest BCUT2D eigenvalue weighted by atomic mass is 10.0. The minimum Gasteiger partial charge on any atom is -0.495 e. The molecule has 0 saturated carbocycles. The highest BCUT2D eigenvalue weighted by molar-refractivity contribution is 6.05. The van der Waals surface area contributed by atoms with Crippen molar-refractivity contribution in [3.63, 3.8) is 0 Å². The van der Waals surface area contributed by atoms with Gasteiger partial charge in [-0.15, -0.1) is 0 Å². The van der Waals surface area contributed by atoms with Gasteiger partial charge >= 0.3 is 0 Å². The van der Waals surface area contributed by atoms with Crippen molar-refractivity contribution in [1.82, 2.24) is 10.6 Å². The minimum absolute atomic E-state index is 0.0642. The van der Waals surface area contributed by atoms with E-state index in [4.69, 9.17) is 13.9 Å². The van der Waals surface area contributed by atoms with Crippen LogP contribution in [0.25, 0.3) is 0 Å². The predicted molar refractivity (Wildman–Crippen MR) is 137 cm³/mol. The molecule has 37 heavy (non-hydrogen) atoms. The van der Waals surface area contributed by atoms with E-state index in [9.17, 15) is 14.4 Å². The molecule has 3 aromatic rings. The van der Waals surface area contributed by atoms with Gasteiger partial charge in [0.25, 0.3) is 5.91 Å². The third-order valence-corrected chi connectivity index (χ3v) is 6.16. The number of methoxy groups -OCH3 is 1. The molecule has 0 bridgehead atoms. The lowest BCUT2D eigenvalue weighted by Crippen LogP contribution is -2.48. The van der Waals surface area contributed by atoms with Crippen LogP contribution in [0.2, 0.25) is 0 Å². The van der Waals surface area contributed by atoms with Gasteiger partial charge in [0.2, 0.25) is 11.8 Å². The molecule has 9 heteroatoms. The van der Waals surface area contributed by atoms with Crippen LogP contribution < -0.4 is 20.3 Å². The van der Waals surface area contributed by atoms with Gasteiger partial charge in [0, 0.05) is 13.2 Å². The van der Waals surface area contributed by atoms with Crippen molar-refractivity contribution >= 4 is 23.4 Å². The van der Waals surface area contributed by atoms with Crippen LogP contribution in [0.1, 0.15) is 40.6 Å². The summed E-state index contributed by atoms with van der Waals surface area (Å²) < 4.78 is 16.4. The molecule has 2 N–H and O–H groups in total. The van der Waals surface area contributed by atoms with Crippen LogP contribution >= 0.6 is 0 Å². The van der Waals surface area contributed by atoms with Gasteiger partial charge in [-0.2, -0.15) is 0 Å². The quantitative estimate of drug-likeness (QED) is 0.437. The average Bonchev–Trinajstić information content (AvgIpc) is 3.64. The molecule has 0 unspecified atom stereocenters. The number of benzene rings is 2. The summed E-state index contributed by atoms with van der Waals surface area (Å²) in [6, 6.07) is 16.5. The second-order valence-electron chi connectivity index (χ2n) is 8.79. The van der Waals surface area contributed by atoms with Crippen LogP contribution in [-0.2, 0) is 14.3 Å². The summed E-state index contributed by atoms with van der Waals surface area (Å²) in [6.07, 6.45) is 3.13. The Balaban J connectivity index is 1.70. The fourth-order valence-electron chi connectivity index (χ4n) is 4.31. The Hall–Kier alpha value is -4.11. The number of nitrogens with zero attached hydrogens (tertiary/aromatic N) is 1. The largest absolute Gasteiger partial charge is 0.495 e. The summed E-state index contributed by atoms with van der Waals surface area (Å²) in [4.78, 5) is 41.4. The summed E-state index contributed by atoms with van der Waals surface area (Å²) in [5.41, 5.74) is 1.90. The number of hydrogen-bond donors (Lipinski definition) is 2. The Morgan fingerprint density at radius 3 is 2.57 bits per heavy atom. The van der Waals surface area contributed by atoms with Gasteiger partial charge in [-0.05, 0) is 55.2 Å². The fourth-order valence-corrected chi connectivity index (χ4v) is 4.31. The maximum absolute atomic E-state index is 13.8. The molecule has 194 valence electrons. The highest BCUT2D eigenvalue weighted by atomic mass is 16.5. The van der Waals surface area contributed by atoms with E-state index in [1.807, 2.05) is 31.2 Å². The maximum atomic E-state index is 13.8. The molecule has 3 amide bonds. The SMILES string of the molecule is COc1ccc(C)cc1N(C(=O)CNC(=O)c1ccco1)[C@@H](C(=O)NC[C@H]1CCCO1)c1ccccc1. The molecule has 1 aromatic heterocycles. The number of amides is 3. The summed E-state index contributed by atoms with van der Waals surface area (Å²) in [7, 11) is 1.50. The zero-order valence-corrected chi connectivity index (χ0v) is 20.9. The Morgan fingerprint density at radius 1 is 1.08 bits per heavy atom. The van der Waals surface area contributed by atoms with Gasteiger partial charge in [-0.3, -0.25) is 19.3 Å². The number of rotatable bonds is 10. The van der Waals surface area contributed by atoms with Gasteiger partial charge in [0.15, 0.2) is 5.76 Å². The van der Waals surface area contributed by atoms with Gasteiger partial charge in [-0.1, -0.05) is 36.4 Å². The summed E-state index contributed by atoms with van der Waals surface area (Å²) in [5, 5.41) is 5.56. The number of carbonyl (C=O) groups excluding carboxylic acids is 3. The third kappa shape index (κ3) is 6.37. The van der Waals surface area contributed by atoms with E-state index in [2.05, 4.69) is 10.6 Å². The molecular weight excluding hydrogens is 474 g/mol. The lowest BCUT2D eigenvalue weighted by molar-refractivity contribution is -0.126. The first-order valence-corrected chi connectivity index (χ1v) is 12.2. The monoisotopic (exact) mass is 505 g/mol. The molecule has 1 fully saturated rings. The number of aryl methyl sites for hydroxylation is 1. The molecule has 0 spiro atoms. The van der Waals surface area contributed by atoms with Crippen LogP contribution in [0, 0.1) is 6.92 Å². The summed E-state index contributed by atoms with van der Waals surface area (Å²) in [5.74, 6) is -0.889. The van der Waals surface area contributed by atoms with Crippen LogP contribution in [-0.4, -0.2) is 50.6 Å². The molecule has 1 saturated heterocycles. The highest BCUT2D eigenvalue weighted by Crippen LogP contribution is 2.36. The molecule has 9 nitrogen and oxygen atoms in total. The molecule has 1 aliphatic rings. The van der Waals surface area contributed by atoms with Crippen molar-refractivity contribution < 1.29 is 28.3 Å². The normalized spacial score (nSPS) is 15.6. The maximum Gasteiger partial charge on any atom is 0.287 e. The molecule has 0 radical (unpaired) electrons. The second kappa shape index (κ2) is 12.2. The molecule has 2 aromatic carbocycles.